The number of hydrogen-bond donors (Lipinski definition) is 0. The molecule has 1 aromatic heterocycles. The SMILES string of the molecule is Cc1onc(-c2cccc(S(=O)(=O)Cl)c2)c1-c1ccccc1S(=O)(=O)Cl. The summed E-state index contributed by atoms with van der Waals surface area (Å²) in [5.41, 5.74) is 1.38. The van der Waals surface area contributed by atoms with Crippen LogP contribution in [0.15, 0.2) is 62.8 Å². The molecule has 0 bridgehead atoms. The van der Waals surface area contributed by atoms with E-state index in [0.29, 0.717) is 22.5 Å². The van der Waals surface area contributed by atoms with Crippen molar-refractivity contribution >= 4 is 39.5 Å². The largest absolute Gasteiger partial charge is 0.360 e. The first-order valence-corrected chi connectivity index (χ1v) is 11.8. The average Bonchev–Trinajstić information content (AvgIpc) is 2.95. The molecular formula is C16H11Cl2NO5S2. The summed E-state index contributed by atoms with van der Waals surface area (Å²) >= 11 is 0. The Labute approximate surface area is 159 Å². The molecule has 0 fully saturated rings. The molecule has 3 aromatic rings. The third-order valence-corrected chi connectivity index (χ3v) is 6.40. The molecule has 0 aliphatic heterocycles. The molecule has 0 atom stereocenters. The van der Waals surface area contributed by atoms with Crippen molar-refractivity contribution in [2.24, 2.45) is 0 Å². The van der Waals surface area contributed by atoms with Crippen LogP contribution in [-0.4, -0.2) is 22.0 Å². The molecule has 2 aromatic carbocycles. The Bertz CT molecular complexity index is 1200. The minimum atomic E-state index is -4.02. The fourth-order valence-corrected chi connectivity index (χ4v) is 4.44. The standard InChI is InChI=1S/C16H11Cl2NO5S2/c1-10-15(13-7-2-3-8-14(13)26(18,22)23)16(19-24-10)11-5-4-6-12(9-11)25(17,20)21/h2-9H,1H3. The highest BCUT2D eigenvalue weighted by atomic mass is 35.7. The van der Waals surface area contributed by atoms with E-state index in [1.807, 2.05) is 0 Å². The van der Waals surface area contributed by atoms with Crippen LogP contribution in [0.25, 0.3) is 22.4 Å². The Morgan fingerprint density at radius 1 is 0.923 bits per heavy atom. The van der Waals surface area contributed by atoms with Crippen molar-refractivity contribution in [3.63, 3.8) is 0 Å². The molecular weight excluding hydrogens is 421 g/mol. The van der Waals surface area contributed by atoms with Crippen molar-refractivity contribution in [2.45, 2.75) is 16.7 Å². The molecule has 1 heterocycles. The zero-order chi connectivity index (χ0) is 19.1. The first kappa shape index (κ1) is 18.9. The summed E-state index contributed by atoms with van der Waals surface area (Å²) < 4.78 is 52.2. The minimum Gasteiger partial charge on any atom is -0.360 e. The van der Waals surface area contributed by atoms with E-state index in [2.05, 4.69) is 5.16 Å². The summed E-state index contributed by atoms with van der Waals surface area (Å²) in [6, 6.07) is 11.9. The quantitative estimate of drug-likeness (QED) is 0.575. The lowest BCUT2D eigenvalue weighted by Gasteiger charge is -2.08. The van der Waals surface area contributed by atoms with Crippen LogP contribution >= 0.6 is 21.4 Å². The van der Waals surface area contributed by atoms with Gasteiger partial charge in [0.15, 0.2) is 0 Å². The van der Waals surface area contributed by atoms with Crippen molar-refractivity contribution in [3.8, 4) is 22.4 Å². The van der Waals surface area contributed by atoms with Crippen LogP contribution in [-0.2, 0) is 18.1 Å². The topological polar surface area (TPSA) is 94.3 Å². The summed E-state index contributed by atoms with van der Waals surface area (Å²) in [4.78, 5) is -0.211. The maximum absolute atomic E-state index is 11.9. The zero-order valence-electron chi connectivity index (χ0n) is 13.2. The van der Waals surface area contributed by atoms with Gasteiger partial charge in [0.05, 0.1) is 15.4 Å². The third kappa shape index (κ3) is 3.64. The van der Waals surface area contributed by atoms with Crippen LogP contribution < -0.4 is 0 Å². The van der Waals surface area contributed by atoms with E-state index in [1.54, 1.807) is 31.2 Å². The van der Waals surface area contributed by atoms with E-state index in [9.17, 15) is 16.8 Å². The highest BCUT2D eigenvalue weighted by Gasteiger charge is 2.24. The average molecular weight is 432 g/mol. The Kier molecular flexibility index (Phi) is 4.87. The van der Waals surface area contributed by atoms with Crippen molar-refractivity contribution in [2.75, 3.05) is 0 Å². The van der Waals surface area contributed by atoms with Gasteiger partial charge in [-0.15, -0.1) is 0 Å². The van der Waals surface area contributed by atoms with E-state index in [-0.39, 0.29) is 15.5 Å². The van der Waals surface area contributed by atoms with Gasteiger partial charge in [0, 0.05) is 32.5 Å². The van der Waals surface area contributed by atoms with E-state index in [0.717, 1.165) is 0 Å². The summed E-state index contributed by atoms with van der Waals surface area (Å²) in [5.74, 6) is 0.354. The molecule has 0 aliphatic rings. The van der Waals surface area contributed by atoms with E-state index < -0.39 is 18.1 Å². The van der Waals surface area contributed by atoms with Gasteiger partial charge in [-0.3, -0.25) is 0 Å². The van der Waals surface area contributed by atoms with Crippen LogP contribution in [0.4, 0.5) is 0 Å². The van der Waals surface area contributed by atoms with Gasteiger partial charge in [0.1, 0.15) is 11.5 Å². The summed E-state index contributed by atoms with van der Waals surface area (Å²) in [6.45, 7) is 1.62. The van der Waals surface area contributed by atoms with Gasteiger partial charge in [0.2, 0.25) is 0 Å². The Balaban J connectivity index is 2.29. The highest BCUT2D eigenvalue weighted by molar-refractivity contribution is 8.14. The van der Waals surface area contributed by atoms with Crippen molar-refractivity contribution < 1.29 is 21.4 Å². The smallest absolute Gasteiger partial charge is 0.261 e. The van der Waals surface area contributed by atoms with E-state index in [4.69, 9.17) is 25.9 Å². The van der Waals surface area contributed by atoms with Gasteiger partial charge >= 0.3 is 0 Å². The lowest BCUT2D eigenvalue weighted by Crippen LogP contribution is -1.96. The molecule has 0 aliphatic carbocycles. The second-order valence-corrected chi connectivity index (χ2v) is 10.5. The Morgan fingerprint density at radius 3 is 2.27 bits per heavy atom. The summed E-state index contributed by atoms with van der Waals surface area (Å²) in [7, 11) is 2.98. The predicted octanol–water partition coefficient (Wildman–Crippen LogP) is 4.17. The number of benzene rings is 2. The molecule has 0 saturated carbocycles. The van der Waals surface area contributed by atoms with Crippen LogP contribution in [0.3, 0.4) is 0 Å². The minimum absolute atomic E-state index is 0.102. The lowest BCUT2D eigenvalue weighted by atomic mass is 9.99. The first-order valence-electron chi connectivity index (χ1n) is 7.14. The fraction of sp³-hybridized carbons (Fsp3) is 0.0625. The number of hydrogen-bond acceptors (Lipinski definition) is 6. The zero-order valence-corrected chi connectivity index (χ0v) is 16.3. The predicted molar refractivity (Wildman–Crippen MR) is 98.2 cm³/mol. The van der Waals surface area contributed by atoms with Gasteiger partial charge in [-0.25, -0.2) is 16.8 Å². The van der Waals surface area contributed by atoms with Gasteiger partial charge in [-0.2, -0.15) is 0 Å². The van der Waals surface area contributed by atoms with Crippen molar-refractivity contribution in [1.82, 2.24) is 5.16 Å². The number of aryl methyl sites for hydroxylation is 1. The van der Waals surface area contributed by atoms with Gasteiger partial charge in [0.25, 0.3) is 18.1 Å². The van der Waals surface area contributed by atoms with E-state index in [1.165, 1.54) is 24.3 Å². The molecule has 0 radical (unpaired) electrons. The maximum Gasteiger partial charge on any atom is 0.261 e. The molecule has 0 saturated heterocycles. The maximum atomic E-state index is 11.9. The van der Waals surface area contributed by atoms with Gasteiger partial charge < -0.3 is 4.52 Å². The Morgan fingerprint density at radius 2 is 1.62 bits per heavy atom. The summed E-state index contributed by atoms with van der Waals surface area (Å²) in [5, 5.41) is 3.96. The van der Waals surface area contributed by atoms with Crippen LogP contribution in [0.2, 0.25) is 0 Å². The van der Waals surface area contributed by atoms with Crippen LogP contribution in [0.1, 0.15) is 5.76 Å². The molecule has 0 unspecified atom stereocenters. The normalized spacial score (nSPS) is 12.3. The van der Waals surface area contributed by atoms with E-state index >= 15 is 0 Å². The second-order valence-electron chi connectivity index (χ2n) is 5.36. The second kappa shape index (κ2) is 6.70. The monoisotopic (exact) mass is 431 g/mol. The van der Waals surface area contributed by atoms with Crippen molar-refractivity contribution in [3.05, 3.63) is 54.3 Å². The van der Waals surface area contributed by atoms with Gasteiger partial charge in [-0.1, -0.05) is 35.5 Å². The molecule has 3 rings (SSSR count). The van der Waals surface area contributed by atoms with Crippen LogP contribution in [0, 0.1) is 6.92 Å². The molecule has 26 heavy (non-hydrogen) atoms. The molecule has 0 spiro atoms. The lowest BCUT2D eigenvalue weighted by molar-refractivity contribution is 0.400. The van der Waals surface area contributed by atoms with Crippen LogP contribution in [0.5, 0.6) is 0 Å². The van der Waals surface area contributed by atoms with Crippen molar-refractivity contribution in [1.29, 1.82) is 0 Å². The molecule has 136 valence electrons. The number of halogens is 2. The number of nitrogens with zero attached hydrogens (tertiary/aromatic N) is 1. The highest BCUT2D eigenvalue weighted by Crippen LogP contribution is 2.39. The third-order valence-electron chi connectivity index (χ3n) is 3.67. The fourth-order valence-electron chi connectivity index (χ4n) is 2.57. The molecule has 10 heteroatoms. The number of aromatic nitrogens is 1. The molecule has 0 amide bonds. The molecule has 0 N–H and O–H groups in total. The number of rotatable bonds is 4. The summed E-state index contributed by atoms with van der Waals surface area (Å²) in [6.07, 6.45) is 0. The van der Waals surface area contributed by atoms with Gasteiger partial charge in [-0.05, 0) is 25.1 Å². The first-order chi connectivity index (χ1) is 12.1. The Hall–Kier alpha value is -1.87. The molecule has 6 nitrogen and oxygen atoms in total.